The van der Waals surface area contributed by atoms with E-state index in [1.807, 2.05) is 0 Å². The molecular weight excluding hydrogens is 256 g/mol. The summed E-state index contributed by atoms with van der Waals surface area (Å²) >= 11 is 0. The first-order valence-corrected chi connectivity index (χ1v) is 6.52. The normalized spacial score (nSPS) is 15.1. The van der Waals surface area contributed by atoms with Gasteiger partial charge < -0.3 is 0 Å². The highest BCUT2D eigenvalue weighted by molar-refractivity contribution is 7.48. The summed E-state index contributed by atoms with van der Waals surface area (Å²) in [6, 6.07) is 0. The van der Waals surface area contributed by atoms with Crippen molar-refractivity contribution in [2.75, 3.05) is 27.9 Å². The van der Waals surface area contributed by atoms with Gasteiger partial charge in [0, 0.05) is 21.3 Å². The zero-order valence-electron chi connectivity index (χ0n) is 8.81. The summed E-state index contributed by atoms with van der Waals surface area (Å²) < 4.78 is 58.9. The molecule has 6 nitrogen and oxygen atoms in total. The second kappa shape index (κ2) is 8.33. The zero-order chi connectivity index (χ0) is 12.5. The summed E-state index contributed by atoms with van der Waals surface area (Å²) in [5.74, 6) is 0. The van der Waals surface area contributed by atoms with Gasteiger partial charge in [0.2, 0.25) is 0 Å². The van der Waals surface area contributed by atoms with E-state index in [2.05, 4.69) is 18.1 Å². The first kappa shape index (κ1) is 17.6. The number of halogens is 2. The molecule has 0 heterocycles. The van der Waals surface area contributed by atoms with Crippen molar-refractivity contribution in [3.63, 3.8) is 0 Å². The predicted octanol–water partition coefficient (Wildman–Crippen LogP) is 3.10. The minimum atomic E-state index is -4.17. The van der Waals surface area contributed by atoms with Gasteiger partial charge in [0.1, 0.15) is 0 Å². The van der Waals surface area contributed by atoms with Gasteiger partial charge in [-0.1, -0.05) is 0 Å². The van der Waals surface area contributed by atoms with E-state index in [0.29, 0.717) is 0 Å². The summed E-state index contributed by atoms with van der Waals surface area (Å²) in [7, 11) is -5.38. The van der Waals surface area contributed by atoms with Crippen LogP contribution in [0.15, 0.2) is 0 Å². The van der Waals surface area contributed by atoms with Gasteiger partial charge in [0.15, 0.2) is 0 Å². The zero-order valence-corrected chi connectivity index (χ0v) is 10.6. The lowest BCUT2D eigenvalue weighted by atomic mass is 10.9. The van der Waals surface area contributed by atoms with Gasteiger partial charge in [-0.25, -0.2) is 9.13 Å². The molecule has 0 aromatic carbocycles. The van der Waals surface area contributed by atoms with Crippen LogP contribution in [0.2, 0.25) is 0 Å². The van der Waals surface area contributed by atoms with Crippen molar-refractivity contribution in [2.24, 2.45) is 0 Å². The third kappa shape index (κ3) is 12.1. The lowest BCUT2D eigenvalue weighted by Gasteiger charge is -2.01. The largest absolute Gasteiger partial charge is 0.512 e. The van der Waals surface area contributed by atoms with Crippen molar-refractivity contribution in [1.29, 1.82) is 0 Å². The molecule has 0 saturated heterocycles. The summed E-state index contributed by atoms with van der Waals surface area (Å²) in [6.45, 7) is 1.59. The van der Waals surface area contributed by atoms with Crippen molar-refractivity contribution >= 4 is 15.8 Å². The van der Waals surface area contributed by atoms with E-state index in [1.54, 1.807) is 0 Å². The maximum absolute atomic E-state index is 11.9. The van der Waals surface area contributed by atoms with Crippen LogP contribution in [-0.4, -0.2) is 27.9 Å². The van der Waals surface area contributed by atoms with Gasteiger partial charge in [-0.15, -0.1) is 8.39 Å². The van der Waals surface area contributed by atoms with E-state index in [0.717, 1.165) is 21.3 Å². The summed E-state index contributed by atoms with van der Waals surface area (Å²) in [5, 5.41) is 0. The van der Waals surface area contributed by atoms with Crippen LogP contribution in [0.3, 0.4) is 0 Å². The van der Waals surface area contributed by atoms with Crippen LogP contribution in [0.25, 0.3) is 0 Å². The first-order chi connectivity index (χ1) is 6.74. The molecule has 0 fully saturated rings. The van der Waals surface area contributed by atoms with Crippen LogP contribution >= 0.6 is 15.8 Å². The SMILES string of the molecule is CCOP(=O)(F)OC.COP(=O)(F)OC. The molecule has 1 unspecified atom stereocenters. The van der Waals surface area contributed by atoms with Crippen molar-refractivity contribution in [3.8, 4) is 0 Å². The number of hydrogen-bond acceptors (Lipinski definition) is 6. The summed E-state index contributed by atoms with van der Waals surface area (Å²) in [4.78, 5) is 0. The van der Waals surface area contributed by atoms with Crippen LogP contribution in [-0.2, 0) is 27.2 Å². The van der Waals surface area contributed by atoms with Crippen molar-refractivity contribution < 1.29 is 35.6 Å². The van der Waals surface area contributed by atoms with Gasteiger partial charge in [0.25, 0.3) is 0 Å². The van der Waals surface area contributed by atoms with Gasteiger partial charge >= 0.3 is 15.8 Å². The molecule has 0 N–H and O–H groups in total. The molecule has 0 rings (SSSR count). The second-order valence-electron chi connectivity index (χ2n) is 1.83. The molecule has 0 aliphatic heterocycles. The van der Waals surface area contributed by atoms with Crippen molar-refractivity contribution in [1.82, 2.24) is 0 Å². The molecule has 0 saturated carbocycles. The monoisotopic (exact) mass is 270 g/mol. The van der Waals surface area contributed by atoms with Gasteiger partial charge in [-0.3, -0.25) is 18.1 Å². The van der Waals surface area contributed by atoms with Crippen LogP contribution in [0.5, 0.6) is 0 Å². The minimum Gasteiger partial charge on any atom is -0.287 e. The van der Waals surface area contributed by atoms with E-state index < -0.39 is 15.8 Å². The maximum Gasteiger partial charge on any atom is 0.512 e. The lowest BCUT2D eigenvalue weighted by molar-refractivity contribution is 0.210. The van der Waals surface area contributed by atoms with E-state index in [-0.39, 0.29) is 6.61 Å². The van der Waals surface area contributed by atoms with Crippen LogP contribution in [0, 0.1) is 0 Å². The highest BCUT2D eigenvalue weighted by atomic mass is 31.2. The molecular formula is C5H14F2O6P2. The first-order valence-electron chi connectivity index (χ1n) is 3.65. The number of hydrogen-bond donors (Lipinski definition) is 0. The third-order valence-electron chi connectivity index (χ3n) is 0.938. The van der Waals surface area contributed by atoms with Crippen LogP contribution < -0.4 is 0 Å². The molecule has 0 radical (unpaired) electrons. The van der Waals surface area contributed by atoms with Gasteiger partial charge in [-0.05, 0) is 6.92 Å². The quantitative estimate of drug-likeness (QED) is 0.715. The Morgan fingerprint density at radius 3 is 1.33 bits per heavy atom. The molecule has 0 amide bonds. The van der Waals surface area contributed by atoms with Gasteiger partial charge in [0.05, 0.1) is 6.61 Å². The average Bonchev–Trinajstić information content (AvgIpc) is 2.19. The van der Waals surface area contributed by atoms with E-state index >= 15 is 0 Å². The van der Waals surface area contributed by atoms with E-state index in [4.69, 9.17) is 0 Å². The summed E-state index contributed by atoms with van der Waals surface area (Å²) in [6.07, 6.45) is 0. The molecule has 0 aliphatic carbocycles. The highest BCUT2D eigenvalue weighted by Crippen LogP contribution is 2.48. The Morgan fingerprint density at radius 1 is 0.933 bits per heavy atom. The molecule has 1 atom stereocenters. The van der Waals surface area contributed by atoms with Crippen LogP contribution in [0.1, 0.15) is 6.92 Å². The van der Waals surface area contributed by atoms with Gasteiger partial charge in [-0.2, -0.15) is 0 Å². The molecule has 0 aromatic heterocycles. The smallest absolute Gasteiger partial charge is 0.287 e. The molecule has 0 bridgehead atoms. The molecule has 10 heteroatoms. The topological polar surface area (TPSA) is 71.1 Å². The Bertz CT molecular complexity index is 240. The molecule has 0 aromatic rings. The number of rotatable bonds is 5. The van der Waals surface area contributed by atoms with E-state index in [1.165, 1.54) is 6.92 Å². The fourth-order valence-electron chi connectivity index (χ4n) is 0.281. The molecule has 15 heavy (non-hydrogen) atoms. The van der Waals surface area contributed by atoms with Crippen molar-refractivity contribution in [2.45, 2.75) is 6.92 Å². The Kier molecular flexibility index (Phi) is 9.74. The van der Waals surface area contributed by atoms with Crippen LogP contribution in [0.4, 0.5) is 8.39 Å². The molecule has 94 valence electrons. The summed E-state index contributed by atoms with van der Waals surface area (Å²) in [5.41, 5.74) is 0. The minimum absolute atomic E-state index is 0.0572. The Hall–Kier alpha value is 0.160. The fourth-order valence-corrected chi connectivity index (χ4v) is 0.844. The van der Waals surface area contributed by atoms with E-state index in [9.17, 15) is 17.5 Å². The predicted molar refractivity (Wildman–Crippen MR) is 50.1 cm³/mol. The Labute approximate surface area is 87.2 Å². The molecule has 0 aliphatic rings. The Morgan fingerprint density at radius 2 is 1.27 bits per heavy atom. The Balaban J connectivity index is 0. The highest BCUT2D eigenvalue weighted by Gasteiger charge is 2.19. The fraction of sp³-hybridized carbons (Fsp3) is 1.00. The van der Waals surface area contributed by atoms with Crippen molar-refractivity contribution in [3.05, 3.63) is 0 Å². The second-order valence-corrected chi connectivity index (χ2v) is 4.90. The standard InChI is InChI=1S/C3H8FO3P.C2H6FO3P/c1-3-7-8(4,5)6-2;1-5-7(3,4)6-2/h3H2,1-2H3;1-2H3. The average molecular weight is 270 g/mol. The lowest BCUT2D eigenvalue weighted by Crippen LogP contribution is -1.84. The maximum atomic E-state index is 11.9. The third-order valence-corrected chi connectivity index (χ3v) is 2.81. The molecule has 0 spiro atoms.